The van der Waals surface area contributed by atoms with Crippen molar-refractivity contribution in [2.45, 2.75) is 40.0 Å². The van der Waals surface area contributed by atoms with Gasteiger partial charge in [-0.1, -0.05) is 26.8 Å². The number of carbonyl (C=O) groups excluding carboxylic acids is 2. The minimum absolute atomic E-state index is 0.205. The van der Waals surface area contributed by atoms with Gasteiger partial charge in [-0.25, -0.2) is 4.79 Å². The lowest BCUT2D eigenvalue weighted by atomic mass is 9.72. The number of hydrogen-bond donors (Lipinski definition) is 1. The number of anilines is 1. The molecule has 0 spiro atoms. The molecule has 3 rings (SSSR count). The maximum atomic E-state index is 12.8. The van der Waals surface area contributed by atoms with Crippen molar-refractivity contribution < 1.29 is 19.1 Å². The molecule has 1 aromatic heterocycles. The topological polar surface area (TPSA) is 64.6 Å². The van der Waals surface area contributed by atoms with Crippen molar-refractivity contribution in [2.75, 3.05) is 19.5 Å². The Labute approximate surface area is 170 Å². The summed E-state index contributed by atoms with van der Waals surface area (Å²) in [5.41, 5.74) is 2.22. The second-order valence-electron chi connectivity index (χ2n) is 8.19. The van der Waals surface area contributed by atoms with Crippen molar-refractivity contribution >= 4 is 28.2 Å². The minimum atomic E-state index is -0.396. The zero-order valence-corrected chi connectivity index (χ0v) is 17.9. The first kappa shape index (κ1) is 20.4. The van der Waals surface area contributed by atoms with E-state index in [1.165, 1.54) is 23.3 Å². The maximum absolute atomic E-state index is 12.8. The monoisotopic (exact) mass is 401 g/mol. The Morgan fingerprint density at radius 2 is 1.96 bits per heavy atom. The van der Waals surface area contributed by atoms with E-state index in [-0.39, 0.29) is 11.3 Å². The molecule has 0 bridgehead atoms. The van der Waals surface area contributed by atoms with E-state index in [2.05, 4.69) is 26.1 Å². The van der Waals surface area contributed by atoms with Crippen LogP contribution >= 0.6 is 11.3 Å². The van der Waals surface area contributed by atoms with Crippen LogP contribution in [0.1, 0.15) is 58.3 Å². The fourth-order valence-electron chi connectivity index (χ4n) is 3.67. The second kappa shape index (κ2) is 7.95. The Hall–Kier alpha value is -2.34. The van der Waals surface area contributed by atoms with E-state index in [1.807, 2.05) is 0 Å². The third-order valence-electron chi connectivity index (χ3n) is 5.44. The smallest absolute Gasteiger partial charge is 0.341 e. The van der Waals surface area contributed by atoms with Crippen LogP contribution < -0.4 is 10.1 Å². The van der Waals surface area contributed by atoms with Crippen molar-refractivity contribution in [1.82, 2.24) is 0 Å². The summed E-state index contributed by atoms with van der Waals surface area (Å²) in [4.78, 5) is 26.4. The van der Waals surface area contributed by atoms with Crippen molar-refractivity contribution in [2.24, 2.45) is 11.3 Å². The van der Waals surface area contributed by atoms with E-state index in [0.29, 0.717) is 27.8 Å². The molecule has 1 amide bonds. The number of carbonyl (C=O) groups is 2. The molecular weight excluding hydrogens is 374 g/mol. The van der Waals surface area contributed by atoms with Crippen LogP contribution in [0.25, 0.3) is 0 Å². The van der Waals surface area contributed by atoms with E-state index in [4.69, 9.17) is 9.47 Å². The van der Waals surface area contributed by atoms with Gasteiger partial charge in [0.05, 0.1) is 19.8 Å². The number of amides is 1. The summed E-state index contributed by atoms with van der Waals surface area (Å²) >= 11 is 1.49. The normalized spacial score (nSPS) is 16.2. The van der Waals surface area contributed by atoms with Crippen LogP contribution in [0.5, 0.6) is 5.75 Å². The SMILES string of the molecule is COC(=O)c1c(NC(=O)c2cccc(OC)c2)sc2c1CC[C@@H](C(C)(C)C)C2. The Kier molecular flexibility index (Phi) is 5.79. The summed E-state index contributed by atoms with van der Waals surface area (Å²) in [6, 6.07) is 6.95. The third-order valence-corrected chi connectivity index (χ3v) is 6.61. The van der Waals surface area contributed by atoms with Crippen LogP contribution in [-0.2, 0) is 17.6 Å². The number of ether oxygens (including phenoxy) is 2. The standard InChI is InChI=1S/C22H27NO4S/c1-22(2,3)14-9-10-16-17(12-14)28-20(18(16)21(25)27-5)23-19(24)13-7-6-8-15(11-13)26-4/h6-8,11,14H,9-10,12H2,1-5H3,(H,23,24)/t14-/m1/s1. The molecular formula is C22H27NO4S. The van der Waals surface area contributed by atoms with E-state index in [0.717, 1.165) is 24.8 Å². The molecule has 1 aliphatic carbocycles. The molecule has 28 heavy (non-hydrogen) atoms. The molecule has 5 nitrogen and oxygen atoms in total. The summed E-state index contributed by atoms with van der Waals surface area (Å²) in [6.07, 6.45) is 2.77. The summed E-state index contributed by atoms with van der Waals surface area (Å²) in [5.74, 6) is 0.494. The Morgan fingerprint density at radius 1 is 1.21 bits per heavy atom. The number of thiophene rings is 1. The van der Waals surface area contributed by atoms with Gasteiger partial charge in [-0.05, 0) is 54.4 Å². The number of hydrogen-bond acceptors (Lipinski definition) is 5. The molecule has 0 saturated carbocycles. The summed E-state index contributed by atoms with van der Waals surface area (Å²) in [7, 11) is 2.94. The second-order valence-corrected chi connectivity index (χ2v) is 9.30. The van der Waals surface area contributed by atoms with E-state index in [1.54, 1.807) is 31.4 Å². The predicted octanol–water partition coefficient (Wildman–Crippen LogP) is 4.95. The first-order chi connectivity index (χ1) is 13.2. The van der Waals surface area contributed by atoms with Gasteiger partial charge in [0.25, 0.3) is 5.91 Å². The summed E-state index contributed by atoms with van der Waals surface area (Å²) < 4.78 is 10.2. The molecule has 0 radical (unpaired) electrons. The van der Waals surface area contributed by atoms with Crippen LogP contribution in [0.2, 0.25) is 0 Å². The average Bonchev–Trinajstić information content (AvgIpc) is 3.03. The van der Waals surface area contributed by atoms with Crippen molar-refractivity contribution in [3.63, 3.8) is 0 Å². The molecule has 1 atom stereocenters. The van der Waals surface area contributed by atoms with Crippen LogP contribution in [0.3, 0.4) is 0 Å². The van der Waals surface area contributed by atoms with Crippen LogP contribution in [-0.4, -0.2) is 26.1 Å². The largest absolute Gasteiger partial charge is 0.497 e. The van der Waals surface area contributed by atoms with Crippen LogP contribution in [0.15, 0.2) is 24.3 Å². The molecule has 1 aliphatic rings. The van der Waals surface area contributed by atoms with Gasteiger partial charge < -0.3 is 14.8 Å². The lowest BCUT2D eigenvalue weighted by Crippen LogP contribution is -2.26. The van der Waals surface area contributed by atoms with Crippen LogP contribution in [0, 0.1) is 11.3 Å². The lowest BCUT2D eigenvalue weighted by Gasteiger charge is -2.33. The fraction of sp³-hybridized carbons (Fsp3) is 0.455. The number of esters is 1. The number of nitrogens with one attached hydrogen (secondary N) is 1. The molecule has 2 aromatic rings. The first-order valence-corrected chi connectivity index (χ1v) is 10.2. The maximum Gasteiger partial charge on any atom is 0.341 e. The molecule has 0 fully saturated rings. The molecule has 1 heterocycles. The van der Waals surface area contributed by atoms with E-state index < -0.39 is 5.97 Å². The molecule has 1 N–H and O–H groups in total. The van der Waals surface area contributed by atoms with Crippen molar-refractivity contribution in [1.29, 1.82) is 0 Å². The summed E-state index contributed by atoms with van der Waals surface area (Å²) in [5, 5.41) is 3.50. The molecule has 1 aromatic carbocycles. The lowest BCUT2D eigenvalue weighted by molar-refractivity contribution is 0.0600. The summed E-state index contributed by atoms with van der Waals surface area (Å²) in [6.45, 7) is 6.76. The van der Waals surface area contributed by atoms with E-state index >= 15 is 0 Å². The van der Waals surface area contributed by atoms with Gasteiger partial charge >= 0.3 is 5.97 Å². The van der Waals surface area contributed by atoms with Crippen molar-refractivity contribution in [3.8, 4) is 5.75 Å². The first-order valence-electron chi connectivity index (χ1n) is 9.42. The van der Waals surface area contributed by atoms with Gasteiger partial charge in [-0.15, -0.1) is 11.3 Å². The minimum Gasteiger partial charge on any atom is -0.497 e. The highest BCUT2D eigenvalue weighted by Crippen LogP contribution is 2.44. The van der Waals surface area contributed by atoms with Crippen molar-refractivity contribution in [3.05, 3.63) is 45.8 Å². The Bertz CT molecular complexity index is 894. The van der Waals surface area contributed by atoms with Gasteiger partial charge in [0, 0.05) is 10.4 Å². The average molecular weight is 402 g/mol. The molecule has 150 valence electrons. The molecule has 6 heteroatoms. The predicted molar refractivity (Wildman–Crippen MR) is 112 cm³/mol. The highest BCUT2D eigenvalue weighted by Gasteiger charge is 2.34. The number of benzene rings is 1. The van der Waals surface area contributed by atoms with Gasteiger partial charge in [0.1, 0.15) is 10.8 Å². The fourth-order valence-corrected chi connectivity index (χ4v) is 4.98. The Balaban J connectivity index is 1.93. The quantitative estimate of drug-likeness (QED) is 0.737. The van der Waals surface area contributed by atoms with Gasteiger partial charge in [0.15, 0.2) is 0 Å². The zero-order chi connectivity index (χ0) is 20.5. The highest BCUT2D eigenvalue weighted by molar-refractivity contribution is 7.17. The van der Waals surface area contributed by atoms with Gasteiger partial charge in [-0.3, -0.25) is 4.79 Å². The molecule has 0 saturated heterocycles. The third kappa shape index (κ3) is 4.07. The molecule has 0 aliphatic heterocycles. The van der Waals surface area contributed by atoms with Gasteiger partial charge in [0.2, 0.25) is 0 Å². The Morgan fingerprint density at radius 3 is 2.61 bits per heavy atom. The van der Waals surface area contributed by atoms with Gasteiger partial charge in [-0.2, -0.15) is 0 Å². The van der Waals surface area contributed by atoms with Crippen LogP contribution in [0.4, 0.5) is 5.00 Å². The number of methoxy groups -OCH3 is 2. The molecule has 0 unspecified atom stereocenters. The number of rotatable bonds is 4. The highest BCUT2D eigenvalue weighted by atomic mass is 32.1. The zero-order valence-electron chi connectivity index (χ0n) is 17.0. The number of fused-ring (bicyclic) bond motifs is 1. The van der Waals surface area contributed by atoms with E-state index in [9.17, 15) is 9.59 Å².